The molecular formula is C17H19F2N3O3. The summed E-state index contributed by atoms with van der Waals surface area (Å²) in [4.78, 5) is 16.3. The molecule has 1 aliphatic rings. The van der Waals surface area contributed by atoms with Crippen LogP contribution in [-0.2, 0) is 6.54 Å². The van der Waals surface area contributed by atoms with Crippen molar-refractivity contribution in [2.75, 3.05) is 7.11 Å². The van der Waals surface area contributed by atoms with Crippen LogP contribution in [0.2, 0.25) is 0 Å². The molecule has 3 atom stereocenters. The lowest BCUT2D eigenvalue weighted by Crippen LogP contribution is -2.40. The van der Waals surface area contributed by atoms with Crippen LogP contribution in [0.4, 0.5) is 8.78 Å². The zero-order valence-corrected chi connectivity index (χ0v) is 13.7. The molecule has 1 amide bonds. The number of hydrogen-bond acceptors (Lipinski definition) is 4. The van der Waals surface area contributed by atoms with Crippen molar-refractivity contribution in [3.8, 4) is 5.75 Å². The molecule has 0 bridgehead atoms. The summed E-state index contributed by atoms with van der Waals surface area (Å²) in [5.74, 6) is -3.02. The van der Waals surface area contributed by atoms with Crippen LogP contribution in [0, 0.1) is 17.6 Å². The number of benzene rings is 1. The second-order valence-corrected chi connectivity index (χ2v) is 6.22. The van der Waals surface area contributed by atoms with Crippen molar-refractivity contribution in [1.29, 1.82) is 0 Å². The minimum Gasteiger partial charge on any atom is -0.494 e. The summed E-state index contributed by atoms with van der Waals surface area (Å²) in [5.41, 5.74) is -0.0546. The van der Waals surface area contributed by atoms with Gasteiger partial charge in [-0.25, -0.2) is 9.37 Å². The van der Waals surface area contributed by atoms with E-state index >= 15 is 0 Å². The van der Waals surface area contributed by atoms with Gasteiger partial charge in [0.05, 0.1) is 25.6 Å². The Kier molecular flexibility index (Phi) is 4.98. The van der Waals surface area contributed by atoms with Crippen molar-refractivity contribution in [3.05, 3.63) is 48.1 Å². The lowest BCUT2D eigenvalue weighted by atomic mass is 10.1. The van der Waals surface area contributed by atoms with Gasteiger partial charge in [-0.2, -0.15) is 4.39 Å². The Labute approximate surface area is 143 Å². The number of aliphatic hydroxyl groups is 1. The van der Waals surface area contributed by atoms with E-state index in [1.807, 2.05) is 10.8 Å². The maximum atomic E-state index is 13.6. The Hall–Kier alpha value is -2.48. The second-order valence-electron chi connectivity index (χ2n) is 6.22. The Morgan fingerprint density at radius 2 is 2.24 bits per heavy atom. The fourth-order valence-electron chi connectivity index (χ4n) is 3.21. The summed E-state index contributed by atoms with van der Waals surface area (Å²) >= 11 is 0. The summed E-state index contributed by atoms with van der Waals surface area (Å²) in [5, 5.41) is 12.9. The quantitative estimate of drug-likeness (QED) is 0.860. The Morgan fingerprint density at radius 1 is 1.44 bits per heavy atom. The van der Waals surface area contributed by atoms with Gasteiger partial charge in [0.1, 0.15) is 0 Å². The molecule has 25 heavy (non-hydrogen) atoms. The molecule has 1 saturated carbocycles. The van der Waals surface area contributed by atoms with E-state index in [2.05, 4.69) is 10.3 Å². The molecule has 134 valence electrons. The third kappa shape index (κ3) is 3.79. The van der Waals surface area contributed by atoms with E-state index in [1.54, 1.807) is 12.5 Å². The molecule has 6 nitrogen and oxygen atoms in total. The number of hydrogen-bond donors (Lipinski definition) is 2. The monoisotopic (exact) mass is 351 g/mol. The largest absolute Gasteiger partial charge is 0.494 e. The van der Waals surface area contributed by atoms with Crippen LogP contribution in [0.15, 0.2) is 30.9 Å². The van der Waals surface area contributed by atoms with Gasteiger partial charge in [-0.15, -0.1) is 0 Å². The lowest BCUT2D eigenvalue weighted by molar-refractivity contribution is 0.0872. The average Bonchev–Trinajstić information content (AvgIpc) is 3.20. The van der Waals surface area contributed by atoms with E-state index in [1.165, 1.54) is 7.11 Å². The standard InChI is InChI=1S/C17H19F2N3O3/c1-25-15-7-11(6-12(18)16(15)19)17(24)21-13-4-10(5-14(13)23)8-22-3-2-20-9-22/h2-3,6-7,9-10,13-14,23H,4-5,8H2,1H3,(H,21,24)/t10?,13-,14-/m1/s1. The molecule has 1 unspecified atom stereocenters. The SMILES string of the molecule is COc1cc(C(=O)N[C@@H]2CC(Cn3ccnc3)C[C@H]2O)cc(F)c1F. The summed E-state index contributed by atoms with van der Waals surface area (Å²) in [6.45, 7) is 0.697. The van der Waals surface area contributed by atoms with Crippen molar-refractivity contribution in [1.82, 2.24) is 14.9 Å². The number of aromatic nitrogens is 2. The number of nitrogens with one attached hydrogen (secondary N) is 1. The molecule has 0 radical (unpaired) electrons. The van der Waals surface area contributed by atoms with Gasteiger partial charge in [0, 0.05) is 24.5 Å². The number of halogens is 2. The second kappa shape index (κ2) is 7.18. The Morgan fingerprint density at radius 3 is 2.92 bits per heavy atom. The average molecular weight is 351 g/mol. The van der Waals surface area contributed by atoms with Crippen LogP contribution < -0.4 is 10.1 Å². The third-order valence-corrected chi connectivity index (χ3v) is 4.45. The van der Waals surface area contributed by atoms with Gasteiger partial charge in [-0.3, -0.25) is 4.79 Å². The first-order valence-corrected chi connectivity index (χ1v) is 7.95. The Bertz CT molecular complexity index is 752. The third-order valence-electron chi connectivity index (χ3n) is 4.45. The van der Waals surface area contributed by atoms with Crippen LogP contribution in [0.1, 0.15) is 23.2 Å². The summed E-state index contributed by atoms with van der Waals surface area (Å²) in [6, 6.07) is 1.51. The van der Waals surface area contributed by atoms with E-state index < -0.39 is 29.7 Å². The van der Waals surface area contributed by atoms with Crippen molar-refractivity contribution < 1.29 is 23.4 Å². The smallest absolute Gasteiger partial charge is 0.251 e. The lowest BCUT2D eigenvalue weighted by Gasteiger charge is -2.17. The highest BCUT2D eigenvalue weighted by Gasteiger charge is 2.34. The van der Waals surface area contributed by atoms with E-state index in [0.29, 0.717) is 19.4 Å². The van der Waals surface area contributed by atoms with Crippen molar-refractivity contribution in [3.63, 3.8) is 0 Å². The zero-order chi connectivity index (χ0) is 18.0. The first kappa shape index (κ1) is 17.3. The van der Waals surface area contributed by atoms with Crippen LogP contribution in [0.5, 0.6) is 5.75 Å². The fraction of sp³-hybridized carbons (Fsp3) is 0.412. The predicted octanol–water partition coefficient (Wildman–Crippen LogP) is 1.74. The van der Waals surface area contributed by atoms with E-state index in [-0.39, 0.29) is 17.2 Å². The number of ether oxygens (including phenoxy) is 1. The van der Waals surface area contributed by atoms with Gasteiger partial charge in [0.25, 0.3) is 5.91 Å². The minimum absolute atomic E-state index is 0.0546. The first-order chi connectivity index (χ1) is 12.0. The molecule has 1 aromatic heterocycles. The molecule has 1 aliphatic carbocycles. The van der Waals surface area contributed by atoms with E-state index in [0.717, 1.165) is 12.1 Å². The maximum Gasteiger partial charge on any atom is 0.251 e. The number of carbonyl (C=O) groups is 1. The molecular weight excluding hydrogens is 332 g/mol. The number of methoxy groups -OCH3 is 1. The highest BCUT2D eigenvalue weighted by molar-refractivity contribution is 5.94. The van der Waals surface area contributed by atoms with Crippen LogP contribution >= 0.6 is 0 Å². The number of aliphatic hydroxyl groups excluding tert-OH is 1. The number of carbonyl (C=O) groups excluding carboxylic acids is 1. The van der Waals surface area contributed by atoms with Gasteiger partial charge >= 0.3 is 0 Å². The molecule has 2 aromatic rings. The van der Waals surface area contributed by atoms with Gasteiger partial charge in [-0.05, 0) is 30.9 Å². The molecule has 0 saturated heterocycles. The predicted molar refractivity (Wildman–Crippen MR) is 85.1 cm³/mol. The number of amides is 1. The minimum atomic E-state index is -1.16. The fourth-order valence-corrected chi connectivity index (χ4v) is 3.21. The number of nitrogens with zero attached hydrogens (tertiary/aromatic N) is 2. The topological polar surface area (TPSA) is 76.4 Å². The summed E-state index contributed by atoms with van der Waals surface area (Å²) in [7, 11) is 1.20. The van der Waals surface area contributed by atoms with Gasteiger partial charge in [0.15, 0.2) is 11.6 Å². The molecule has 0 aliphatic heterocycles. The molecule has 2 N–H and O–H groups in total. The Balaban J connectivity index is 1.65. The highest BCUT2D eigenvalue weighted by Crippen LogP contribution is 2.28. The number of imidazole rings is 1. The molecule has 1 heterocycles. The van der Waals surface area contributed by atoms with Crippen molar-refractivity contribution in [2.45, 2.75) is 31.5 Å². The van der Waals surface area contributed by atoms with Crippen LogP contribution in [-0.4, -0.2) is 39.8 Å². The summed E-state index contributed by atoms with van der Waals surface area (Å²) in [6.07, 6.45) is 5.67. The molecule has 0 spiro atoms. The van der Waals surface area contributed by atoms with Crippen LogP contribution in [0.25, 0.3) is 0 Å². The first-order valence-electron chi connectivity index (χ1n) is 7.95. The normalized spacial score (nSPS) is 22.8. The van der Waals surface area contributed by atoms with Crippen molar-refractivity contribution in [2.24, 2.45) is 5.92 Å². The van der Waals surface area contributed by atoms with Gasteiger partial charge in [-0.1, -0.05) is 0 Å². The molecule has 8 heteroatoms. The molecule has 3 rings (SSSR count). The van der Waals surface area contributed by atoms with E-state index in [9.17, 15) is 18.7 Å². The molecule has 1 fully saturated rings. The van der Waals surface area contributed by atoms with Crippen molar-refractivity contribution >= 4 is 5.91 Å². The molecule has 1 aromatic carbocycles. The zero-order valence-electron chi connectivity index (χ0n) is 13.7. The maximum absolute atomic E-state index is 13.6. The summed E-state index contributed by atoms with van der Waals surface area (Å²) < 4.78 is 33.7. The van der Waals surface area contributed by atoms with Gasteiger partial charge in [0.2, 0.25) is 5.82 Å². The van der Waals surface area contributed by atoms with Crippen LogP contribution in [0.3, 0.4) is 0 Å². The van der Waals surface area contributed by atoms with E-state index in [4.69, 9.17) is 4.74 Å². The van der Waals surface area contributed by atoms with Gasteiger partial charge < -0.3 is 19.7 Å². The highest BCUT2D eigenvalue weighted by atomic mass is 19.2. The number of rotatable bonds is 5.